The van der Waals surface area contributed by atoms with E-state index in [0.717, 1.165) is 43.4 Å². The van der Waals surface area contributed by atoms with E-state index in [1.54, 1.807) is 0 Å². The fraction of sp³-hybridized carbons (Fsp3) is 0.872. The number of aliphatic carboxylic acids is 3. The Morgan fingerprint density at radius 1 is 0.500 bits per heavy atom. The molecule has 19 heteroatoms. The Hall–Kier alpha value is -3.15. The molecule has 0 heterocycles. The molecule has 0 rings (SSSR count). The molecule has 5 N–H and O–H groups in total. The van der Waals surface area contributed by atoms with E-state index in [9.17, 15) is 43.3 Å². The Balaban J connectivity index is 4.90. The lowest BCUT2D eigenvalue weighted by Gasteiger charge is -2.24. The van der Waals surface area contributed by atoms with Gasteiger partial charge in [0.1, 0.15) is 6.61 Å². The summed E-state index contributed by atoms with van der Waals surface area (Å²) in [5.74, 6) is -5.55. The van der Waals surface area contributed by atoms with Crippen molar-refractivity contribution >= 4 is 43.6 Å². The molecule has 66 heavy (non-hydrogen) atoms. The van der Waals surface area contributed by atoms with Crippen molar-refractivity contribution in [3.05, 3.63) is 0 Å². The summed E-state index contributed by atoms with van der Waals surface area (Å²) in [7, 11) is -4.76. The molecule has 0 aromatic carbocycles. The highest BCUT2D eigenvalue weighted by Crippen LogP contribution is 2.43. The first-order valence-electron chi connectivity index (χ1n) is 25.0. The molecule has 0 aliphatic heterocycles. The molecule has 2 atom stereocenters. The van der Waals surface area contributed by atoms with Crippen molar-refractivity contribution in [2.24, 2.45) is 0 Å². The summed E-state index contributed by atoms with van der Waals surface area (Å²) in [6.07, 6.45) is 29.3. The van der Waals surface area contributed by atoms with Gasteiger partial charge in [-0.05, 0) is 12.8 Å². The zero-order chi connectivity index (χ0) is 49.1. The molecule has 0 aromatic rings. The highest BCUT2D eigenvalue weighted by molar-refractivity contribution is 7.47. The quantitative estimate of drug-likeness (QED) is 0.0217. The van der Waals surface area contributed by atoms with Gasteiger partial charge in [0.15, 0.2) is 6.10 Å². The molecule has 386 valence electrons. The van der Waals surface area contributed by atoms with E-state index < -0.39 is 89.1 Å². The van der Waals surface area contributed by atoms with Gasteiger partial charge in [0.2, 0.25) is 5.91 Å². The Morgan fingerprint density at radius 3 is 1.26 bits per heavy atom. The number of carbonyl (C=O) groups excluding carboxylic acids is 3. The van der Waals surface area contributed by atoms with Crippen molar-refractivity contribution < 1.29 is 72.1 Å². The number of rotatable bonds is 49. The zero-order valence-corrected chi connectivity index (χ0v) is 41.5. The summed E-state index contributed by atoms with van der Waals surface area (Å²) in [5, 5.41) is 29.8. The Bertz CT molecular complexity index is 1320. The number of nitrogens with one attached hydrogen (secondary N) is 1. The van der Waals surface area contributed by atoms with Crippen molar-refractivity contribution in [3.8, 4) is 0 Å². The molecule has 0 saturated heterocycles. The fourth-order valence-corrected chi connectivity index (χ4v) is 8.05. The van der Waals surface area contributed by atoms with Gasteiger partial charge in [-0.15, -0.1) is 0 Å². The third-order valence-electron chi connectivity index (χ3n) is 11.0. The van der Waals surface area contributed by atoms with Gasteiger partial charge in [0.25, 0.3) is 0 Å². The van der Waals surface area contributed by atoms with Gasteiger partial charge < -0.3 is 35.0 Å². The van der Waals surface area contributed by atoms with Crippen LogP contribution in [0.25, 0.3) is 0 Å². The van der Waals surface area contributed by atoms with Gasteiger partial charge in [-0.25, -0.2) is 4.57 Å². The Kier molecular flexibility index (Phi) is 41.1. The Labute approximate surface area is 395 Å². The highest BCUT2D eigenvalue weighted by atomic mass is 31.2. The number of phosphoric acid groups is 1. The van der Waals surface area contributed by atoms with E-state index in [0.29, 0.717) is 12.8 Å². The van der Waals surface area contributed by atoms with Gasteiger partial charge in [0.05, 0.1) is 39.4 Å². The number of ether oxygens (including phenoxy) is 2. The molecule has 0 radical (unpaired) electrons. The third kappa shape index (κ3) is 43.4. The topological polar surface area (TPSA) is 256 Å². The maximum Gasteiger partial charge on any atom is 0.472 e. The fourth-order valence-electron chi connectivity index (χ4n) is 7.30. The largest absolute Gasteiger partial charge is 0.480 e. The van der Waals surface area contributed by atoms with Crippen LogP contribution in [0.3, 0.4) is 0 Å². The molecule has 1 unspecified atom stereocenters. The molecule has 0 aliphatic rings. The van der Waals surface area contributed by atoms with Crippen LogP contribution in [0, 0.1) is 0 Å². The van der Waals surface area contributed by atoms with Gasteiger partial charge in [0, 0.05) is 32.5 Å². The number of amides is 1. The summed E-state index contributed by atoms with van der Waals surface area (Å²) in [6, 6.07) is 0. The number of nitrogens with zero attached hydrogens (tertiary/aromatic N) is 2. The minimum Gasteiger partial charge on any atom is -0.480 e. The van der Waals surface area contributed by atoms with Crippen LogP contribution in [0.1, 0.15) is 194 Å². The predicted octanol–water partition coefficient (Wildman–Crippen LogP) is 8.51. The van der Waals surface area contributed by atoms with Crippen LogP contribution in [0.5, 0.6) is 0 Å². The highest BCUT2D eigenvalue weighted by Gasteiger charge is 2.26. The smallest absolute Gasteiger partial charge is 0.472 e. The lowest BCUT2D eigenvalue weighted by atomic mass is 10.0. The van der Waals surface area contributed by atoms with Crippen LogP contribution in [-0.2, 0) is 51.9 Å². The maximum atomic E-state index is 12.8. The van der Waals surface area contributed by atoms with Gasteiger partial charge in [-0.2, -0.15) is 0 Å². The van der Waals surface area contributed by atoms with E-state index in [1.807, 2.05) is 0 Å². The van der Waals surface area contributed by atoms with E-state index in [2.05, 4.69) is 19.2 Å². The molecule has 0 fully saturated rings. The van der Waals surface area contributed by atoms with Gasteiger partial charge in [-0.1, -0.05) is 168 Å². The SMILES string of the molecule is CCCCCCCCCCCCCCCC(=O)OC[C@H](COP(=O)(O)OCCNC(=O)CN(CCN(CC(=O)O)CC(=O)O)CC(=O)O)OC(=O)CCCCCCCCCCCCCCC. The first-order chi connectivity index (χ1) is 31.7. The lowest BCUT2D eigenvalue weighted by molar-refractivity contribution is -0.161. The number of hydrogen-bond acceptors (Lipinski definition) is 13. The standard InChI is InChI=1S/C47H88N3O15P/c1-3-5-7-9-11-13-15-17-19-21-23-25-27-29-46(58)62-39-41(65-47(59)30-28-26-24-22-20-18-16-14-12-10-8-6-4-2)40-64-66(60,61)63-34-31-48-42(51)35-49(36-43(52)53)32-33-50(37-44(54)55)38-45(56)57/h41H,3-40H2,1-2H3,(H,48,51)(H,52,53)(H,54,55)(H,56,57)(H,60,61)/t41-/m1/s1. The summed E-state index contributed by atoms with van der Waals surface area (Å²) >= 11 is 0. The molecule has 1 amide bonds. The first-order valence-corrected chi connectivity index (χ1v) is 26.5. The van der Waals surface area contributed by atoms with Crippen LogP contribution in [0.2, 0.25) is 0 Å². The number of carboxylic acids is 3. The zero-order valence-electron chi connectivity index (χ0n) is 40.6. The van der Waals surface area contributed by atoms with E-state index in [-0.39, 0.29) is 39.1 Å². The van der Waals surface area contributed by atoms with Crippen LogP contribution in [0.15, 0.2) is 0 Å². The minimum atomic E-state index is -4.76. The number of phosphoric ester groups is 1. The second-order valence-electron chi connectivity index (χ2n) is 17.3. The molecule has 0 bridgehead atoms. The predicted molar refractivity (Wildman–Crippen MR) is 252 cm³/mol. The van der Waals surface area contributed by atoms with Crippen LogP contribution in [-0.4, -0.2) is 138 Å². The summed E-state index contributed by atoms with van der Waals surface area (Å²) in [6.45, 7) is 0.110. The molecule has 0 saturated carbocycles. The third-order valence-corrected chi connectivity index (χ3v) is 12.0. The van der Waals surface area contributed by atoms with Crippen molar-refractivity contribution in [3.63, 3.8) is 0 Å². The van der Waals surface area contributed by atoms with E-state index in [1.165, 1.54) is 120 Å². The summed E-state index contributed by atoms with van der Waals surface area (Å²) in [5.41, 5.74) is 0. The second kappa shape index (κ2) is 43.2. The normalized spacial score (nSPS) is 12.8. The second-order valence-corrected chi connectivity index (χ2v) is 18.8. The molecule has 0 aromatic heterocycles. The van der Waals surface area contributed by atoms with Gasteiger partial charge >= 0.3 is 37.7 Å². The number of esters is 2. The van der Waals surface area contributed by atoms with E-state index in [4.69, 9.17) is 28.7 Å². The lowest BCUT2D eigenvalue weighted by Crippen LogP contribution is -2.45. The van der Waals surface area contributed by atoms with Crippen molar-refractivity contribution in [1.29, 1.82) is 0 Å². The average molecular weight is 966 g/mol. The van der Waals surface area contributed by atoms with Gasteiger partial charge in [-0.3, -0.25) is 47.6 Å². The van der Waals surface area contributed by atoms with Crippen LogP contribution in [0.4, 0.5) is 0 Å². The monoisotopic (exact) mass is 966 g/mol. The van der Waals surface area contributed by atoms with E-state index >= 15 is 0 Å². The molecule has 0 aliphatic carbocycles. The average Bonchev–Trinajstić information content (AvgIpc) is 3.25. The van der Waals surface area contributed by atoms with Crippen molar-refractivity contribution in [1.82, 2.24) is 15.1 Å². The minimum absolute atomic E-state index is 0.126. The number of unbranched alkanes of at least 4 members (excludes halogenated alkanes) is 24. The Morgan fingerprint density at radius 2 is 0.864 bits per heavy atom. The number of carbonyl (C=O) groups is 6. The molecular weight excluding hydrogens is 877 g/mol. The summed E-state index contributed by atoms with van der Waals surface area (Å²) in [4.78, 5) is 84.0. The van der Waals surface area contributed by atoms with Crippen molar-refractivity contribution in [2.75, 3.05) is 65.6 Å². The maximum absolute atomic E-state index is 12.8. The number of carboxylic acid groups (broad SMARTS) is 3. The number of hydrogen-bond donors (Lipinski definition) is 5. The first kappa shape index (κ1) is 62.8. The summed E-state index contributed by atoms with van der Waals surface area (Å²) < 4.78 is 33.7. The van der Waals surface area contributed by atoms with Crippen molar-refractivity contribution in [2.45, 2.75) is 200 Å². The van der Waals surface area contributed by atoms with Crippen LogP contribution >= 0.6 is 7.82 Å². The molecular formula is C47H88N3O15P. The molecule has 18 nitrogen and oxygen atoms in total. The van der Waals surface area contributed by atoms with Crippen LogP contribution < -0.4 is 5.32 Å². The molecule has 0 spiro atoms.